The van der Waals surface area contributed by atoms with Gasteiger partial charge in [0.25, 0.3) is 0 Å². The normalized spacial score (nSPS) is 17.9. The number of aliphatic hydroxyl groups excluding tert-OH is 1. The quantitative estimate of drug-likeness (QED) is 0.743. The number of hydrogen-bond donors (Lipinski definition) is 1. The average Bonchev–Trinajstić information content (AvgIpc) is 2.88. The predicted octanol–water partition coefficient (Wildman–Crippen LogP) is 2.20. The number of fused-ring (bicyclic) bond motifs is 2. The van der Waals surface area contributed by atoms with Crippen LogP contribution in [0.1, 0.15) is 17.2 Å². The zero-order valence-corrected chi connectivity index (χ0v) is 11.7. The van der Waals surface area contributed by atoms with Crippen LogP contribution >= 0.6 is 0 Å². The largest absolute Gasteiger partial charge is 0.386 e. The molecule has 106 valence electrons. The highest BCUT2D eigenvalue weighted by molar-refractivity contribution is 5.85. The predicted molar refractivity (Wildman–Crippen MR) is 78.6 cm³/mol. The summed E-state index contributed by atoms with van der Waals surface area (Å²) < 4.78 is 7.33. The van der Waals surface area contributed by atoms with Crippen molar-refractivity contribution >= 4 is 10.9 Å². The Morgan fingerprint density at radius 3 is 3.10 bits per heavy atom. The lowest BCUT2D eigenvalue weighted by Gasteiger charge is -2.23. The van der Waals surface area contributed by atoms with Gasteiger partial charge in [-0.15, -0.1) is 0 Å². The van der Waals surface area contributed by atoms with E-state index in [0.29, 0.717) is 13.2 Å². The Morgan fingerprint density at radius 2 is 2.19 bits per heavy atom. The number of benzene rings is 1. The van der Waals surface area contributed by atoms with Crippen molar-refractivity contribution in [2.75, 3.05) is 6.61 Å². The Hall–Kier alpha value is -2.24. The number of hydrogen-bond acceptors (Lipinski definition) is 4. The Kier molecular flexibility index (Phi) is 2.77. The summed E-state index contributed by atoms with van der Waals surface area (Å²) in [7, 11) is 1.93. The van der Waals surface area contributed by atoms with Crippen LogP contribution in [0.3, 0.4) is 0 Å². The summed E-state index contributed by atoms with van der Waals surface area (Å²) in [6.45, 7) is 0.840. The third kappa shape index (κ3) is 1.93. The van der Waals surface area contributed by atoms with Crippen LogP contribution in [-0.2, 0) is 18.4 Å². The maximum absolute atomic E-state index is 10.0. The number of rotatable bonds is 1. The molecule has 5 nitrogen and oxygen atoms in total. The highest BCUT2D eigenvalue weighted by atomic mass is 16.5. The zero-order chi connectivity index (χ0) is 14.4. The molecule has 4 rings (SSSR count). The van der Waals surface area contributed by atoms with Crippen LogP contribution in [0.4, 0.5) is 0 Å². The molecule has 21 heavy (non-hydrogen) atoms. The summed E-state index contributed by atoms with van der Waals surface area (Å²) in [5.41, 5.74) is 5.03. The van der Waals surface area contributed by atoms with E-state index < -0.39 is 6.10 Å². The van der Waals surface area contributed by atoms with Gasteiger partial charge >= 0.3 is 0 Å². The van der Waals surface area contributed by atoms with Crippen LogP contribution in [0.5, 0.6) is 0 Å². The van der Waals surface area contributed by atoms with Crippen LogP contribution < -0.4 is 0 Å². The van der Waals surface area contributed by atoms with Crippen molar-refractivity contribution in [3.8, 4) is 11.1 Å². The van der Waals surface area contributed by atoms with Crippen LogP contribution in [0, 0.1) is 0 Å². The van der Waals surface area contributed by atoms with E-state index >= 15 is 0 Å². The van der Waals surface area contributed by atoms with E-state index in [1.165, 1.54) is 0 Å². The summed E-state index contributed by atoms with van der Waals surface area (Å²) in [4.78, 5) is 4.28. The van der Waals surface area contributed by atoms with Gasteiger partial charge in [0.2, 0.25) is 0 Å². The number of nitrogens with zero attached hydrogens (tertiary/aromatic N) is 3. The van der Waals surface area contributed by atoms with Crippen molar-refractivity contribution in [1.82, 2.24) is 14.8 Å². The van der Waals surface area contributed by atoms with Gasteiger partial charge in [-0.1, -0.05) is 12.1 Å². The van der Waals surface area contributed by atoms with Crippen molar-refractivity contribution in [1.29, 1.82) is 0 Å². The monoisotopic (exact) mass is 281 g/mol. The second-order valence-electron chi connectivity index (χ2n) is 5.33. The number of aromatic nitrogens is 3. The van der Waals surface area contributed by atoms with Crippen molar-refractivity contribution in [2.24, 2.45) is 7.05 Å². The first kappa shape index (κ1) is 12.5. The zero-order valence-electron chi connectivity index (χ0n) is 11.7. The van der Waals surface area contributed by atoms with Crippen molar-refractivity contribution < 1.29 is 9.84 Å². The molecule has 2 aromatic heterocycles. The first-order chi connectivity index (χ1) is 10.2. The van der Waals surface area contributed by atoms with Gasteiger partial charge < -0.3 is 9.84 Å². The second-order valence-corrected chi connectivity index (χ2v) is 5.33. The minimum absolute atomic E-state index is 0.332. The molecule has 0 amide bonds. The van der Waals surface area contributed by atoms with E-state index in [2.05, 4.69) is 28.3 Å². The van der Waals surface area contributed by atoms with Crippen LogP contribution in [0.15, 0.2) is 36.8 Å². The van der Waals surface area contributed by atoms with Gasteiger partial charge in [0.05, 0.1) is 24.9 Å². The van der Waals surface area contributed by atoms with Gasteiger partial charge in [0.1, 0.15) is 6.10 Å². The van der Waals surface area contributed by atoms with Gasteiger partial charge in [-0.3, -0.25) is 9.67 Å². The van der Waals surface area contributed by atoms with E-state index in [1.54, 1.807) is 6.20 Å². The maximum atomic E-state index is 10.0. The number of pyridine rings is 1. The average molecular weight is 281 g/mol. The van der Waals surface area contributed by atoms with Crippen LogP contribution in [0.2, 0.25) is 0 Å². The summed E-state index contributed by atoms with van der Waals surface area (Å²) in [5, 5.41) is 15.4. The van der Waals surface area contributed by atoms with Crippen LogP contribution in [-0.4, -0.2) is 26.5 Å². The Balaban J connectivity index is 1.92. The topological polar surface area (TPSA) is 60.2 Å². The van der Waals surface area contributed by atoms with Gasteiger partial charge in [0.15, 0.2) is 0 Å². The molecule has 3 heterocycles. The summed E-state index contributed by atoms with van der Waals surface area (Å²) in [5.74, 6) is 0. The molecule has 0 spiro atoms. The van der Waals surface area contributed by atoms with Crippen LogP contribution in [0.25, 0.3) is 22.0 Å². The minimum atomic E-state index is -0.596. The molecule has 0 saturated heterocycles. The molecular formula is C16H15N3O2. The van der Waals surface area contributed by atoms with Gasteiger partial charge in [-0.2, -0.15) is 5.10 Å². The number of aryl methyl sites for hydroxylation is 1. The van der Waals surface area contributed by atoms with Gasteiger partial charge in [0, 0.05) is 36.0 Å². The third-order valence-corrected chi connectivity index (χ3v) is 4.03. The van der Waals surface area contributed by atoms with Gasteiger partial charge in [-0.05, 0) is 17.2 Å². The molecule has 0 radical (unpaired) electrons. The molecule has 0 saturated carbocycles. The Morgan fingerprint density at radius 1 is 1.29 bits per heavy atom. The summed E-state index contributed by atoms with van der Waals surface area (Å²) in [6, 6.07) is 6.21. The second kappa shape index (κ2) is 4.65. The van der Waals surface area contributed by atoms with E-state index in [0.717, 1.165) is 33.2 Å². The Labute approximate surface area is 121 Å². The number of aliphatic hydroxyl groups is 1. The molecule has 1 aliphatic heterocycles. The highest BCUT2D eigenvalue weighted by Crippen LogP contribution is 2.33. The highest BCUT2D eigenvalue weighted by Gasteiger charge is 2.22. The first-order valence-corrected chi connectivity index (χ1v) is 6.89. The van der Waals surface area contributed by atoms with Gasteiger partial charge in [-0.25, -0.2) is 0 Å². The first-order valence-electron chi connectivity index (χ1n) is 6.89. The fourth-order valence-electron chi connectivity index (χ4n) is 2.87. The van der Waals surface area contributed by atoms with Crippen molar-refractivity contribution in [3.05, 3.63) is 47.9 Å². The molecule has 0 fully saturated rings. The summed E-state index contributed by atoms with van der Waals surface area (Å²) in [6.07, 6.45) is 4.82. The molecule has 0 bridgehead atoms. The molecule has 3 aromatic rings. The molecule has 1 atom stereocenters. The number of ether oxygens (including phenoxy) is 1. The molecule has 1 aromatic carbocycles. The molecule has 1 N–H and O–H groups in total. The van der Waals surface area contributed by atoms with Crippen molar-refractivity contribution in [3.63, 3.8) is 0 Å². The van der Waals surface area contributed by atoms with E-state index in [9.17, 15) is 5.11 Å². The lowest BCUT2D eigenvalue weighted by molar-refractivity contribution is 0.00981. The molecule has 1 unspecified atom stereocenters. The molecule has 1 aliphatic rings. The lowest BCUT2D eigenvalue weighted by atomic mass is 9.94. The van der Waals surface area contributed by atoms with E-state index in [4.69, 9.17) is 4.74 Å². The molecule has 0 aliphatic carbocycles. The van der Waals surface area contributed by atoms with Crippen molar-refractivity contribution in [2.45, 2.75) is 12.7 Å². The maximum Gasteiger partial charge on any atom is 0.104 e. The fourth-order valence-corrected chi connectivity index (χ4v) is 2.87. The SMILES string of the molecule is Cn1ncc2ccc(-c3cncc4c3COCC4O)cc21. The van der Waals surface area contributed by atoms with E-state index in [-0.39, 0.29) is 0 Å². The van der Waals surface area contributed by atoms with E-state index in [1.807, 2.05) is 24.1 Å². The summed E-state index contributed by atoms with van der Waals surface area (Å²) >= 11 is 0. The minimum Gasteiger partial charge on any atom is -0.386 e. The smallest absolute Gasteiger partial charge is 0.104 e. The molecular weight excluding hydrogens is 266 g/mol. The Bertz CT molecular complexity index is 826. The fraction of sp³-hybridized carbons (Fsp3) is 0.250. The molecule has 5 heteroatoms. The third-order valence-electron chi connectivity index (χ3n) is 4.03. The standard InChI is InChI=1S/C16H15N3O2/c1-19-15-4-10(2-3-11(15)5-18-19)12-6-17-7-13-14(12)8-21-9-16(13)20/h2-7,16,20H,8-9H2,1H3. The lowest BCUT2D eigenvalue weighted by Crippen LogP contribution is -2.17.